The molecule has 1 radical (unpaired) electrons. The molecule has 0 aliphatic carbocycles. The van der Waals surface area contributed by atoms with Crippen molar-refractivity contribution in [1.82, 2.24) is 11.0 Å². The van der Waals surface area contributed by atoms with E-state index in [1.807, 2.05) is 24.3 Å². The molecule has 1 aromatic carbocycles. The lowest BCUT2D eigenvalue weighted by atomic mass is 10.3. The first-order valence-corrected chi connectivity index (χ1v) is 3.27. The van der Waals surface area contributed by atoms with E-state index in [4.69, 9.17) is 0 Å². The van der Waals surface area contributed by atoms with Crippen molar-refractivity contribution in [3.05, 3.63) is 30.3 Å². The van der Waals surface area contributed by atoms with Crippen LogP contribution in [0.15, 0.2) is 29.4 Å². The van der Waals surface area contributed by atoms with E-state index in [0.717, 1.165) is 5.69 Å². The largest absolute Gasteiger partial charge is 0.291 e. The van der Waals surface area contributed by atoms with Crippen LogP contribution in [0.1, 0.15) is 0 Å². The zero-order valence-corrected chi connectivity index (χ0v) is 5.78. The summed E-state index contributed by atoms with van der Waals surface area (Å²) in [5.74, 6) is 0. The smallest absolute Gasteiger partial charge is 0.126 e. The third kappa shape index (κ3) is 1.15. The Labute approximate surface area is 64.5 Å². The van der Waals surface area contributed by atoms with E-state index >= 15 is 0 Å². The van der Waals surface area contributed by atoms with Gasteiger partial charge in [0, 0.05) is 0 Å². The van der Waals surface area contributed by atoms with Crippen LogP contribution in [0, 0.1) is 6.07 Å². The number of anilines is 1. The predicted octanol–water partition coefficient (Wildman–Crippen LogP) is 0.259. The molecule has 1 heterocycles. The monoisotopic (exact) mass is 147 g/mol. The van der Waals surface area contributed by atoms with E-state index in [1.165, 1.54) is 0 Å². The standard InChI is InChI=1S/C7H7N4/c1-2-4-7(5-3-1)11-9-6-8-10-11/h1-2,4-6,10H,(H,8,9). The van der Waals surface area contributed by atoms with Gasteiger partial charge in [-0.05, 0) is 18.2 Å². The number of benzene rings is 1. The minimum absolute atomic E-state index is 0.953. The van der Waals surface area contributed by atoms with E-state index in [-0.39, 0.29) is 0 Å². The number of hydrogen-bond acceptors (Lipinski definition) is 4. The van der Waals surface area contributed by atoms with Crippen LogP contribution in [0.4, 0.5) is 5.69 Å². The maximum absolute atomic E-state index is 3.97. The highest BCUT2D eigenvalue weighted by Crippen LogP contribution is 2.10. The van der Waals surface area contributed by atoms with Crippen LogP contribution in [0.3, 0.4) is 0 Å². The number of rotatable bonds is 1. The second-order valence-electron chi connectivity index (χ2n) is 2.07. The third-order valence-corrected chi connectivity index (χ3v) is 1.34. The average Bonchev–Trinajstić information content (AvgIpc) is 2.58. The van der Waals surface area contributed by atoms with Gasteiger partial charge in [0.1, 0.15) is 6.34 Å². The van der Waals surface area contributed by atoms with Crippen molar-refractivity contribution >= 4 is 12.0 Å². The molecule has 1 aromatic rings. The van der Waals surface area contributed by atoms with Gasteiger partial charge >= 0.3 is 0 Å². The third-order valence-electron chi connectivity index (χ3n) is 1.34. The molecular weight excluding hydrogens is 140 g/mol. The fourth-order valence-electron chi connectivity index (χ4n) is 0.852. The molecule has 0 saturated carbocycles. The molecule has 4 nitrogen and oxygen atoms in total. The Morgan fingerprint density at radius 2 is 2.55 bits per heavy atom. The summed E-state index contributed by atoms with van der Waals surface area (Å²) >= 11 is 0. The average molecular weight is 147 g/mol. The molecule has 1 aliphatic heterocycles. The van der Waals surface area contributed by atoms with E-state index in [2.05, 4.69) is 22.1 Å². The summed E-state index contributed by atoms with van der Waals surface area (Å²) in [6.45, 7) is 0. The van der Waals surface area contributed by atoms with Gasteiger partial charge in [-0.3, -0.25) is 5.43 Å². The minimum atomic E-state index is 0.953. The fourth-order valence-corrected chi connectivity index (χ4v) is 0.852. The van der Waals surface area contributed by atoms with E-state index in [1.54, 1.807) is 11.5 Å². The van der Waals surface area contributed by atoms with Crippen molar-refractivity contribution in [1.29, 1.82) is 0 Å². The summed E-state index contributed by atoms with van der Waals surface area (Å²) in [5, 5.41) is 5.59. The van der Waals surface area contributed by atoms with Crippen LogP contribution in [-0.4, -0.2) is 6.34 Å². The van der Waals surface area contributed by atoms with Gasteiger partial charge in [-0.25, -0.2) is 0 Å². The van der Waals surface area contributed by atoms with Gasteiger partial charge < -0.3 is 0 Å². The molecule has 55 valence electrons. The Morgan fingerprint density at radius 1 is 1.55 bits per heavy atom. The molecule has 0 spiro atoms. The van der Waals surface area contributed by atoms with Crippen LogP contribution >= 0.6 is 0 Å². The van der Waals surface area contributed by atoms with Crippen molar-refractivity contribution in [2.75, 3.05) is 5.12 Å². The Hall–Kier alpha value is -1.55. The zero-order valence-electron chi connectivity index (χ0n) is 5.78. The lowest BCUT2D eigenvalue weighted by Gasteiger charge is -2.11. The second kappa shape index (κ2) is 2.59. The van der Waals surface area contributed by atoms with Crippen LogP contribution in [0.5, 0.6) is 0 Å². The molecule has 11 heavy (non-hydrogen) atoms. The van der Waals surface area contributed by atoms with Crippen molar-refractivity contribution in [2.45, 2.75) is 0 Å². The van der Waals surface area contributed by atoms with E-state index in [0.29, 0.717) is 0 Å². The first-order chi connectivity index (χ1) is 5.47. The predicted molar refractivity (Wildman–Crippen MR) is 42.5 cm³/mol. The first kappa shape index (κ1) is 6.18. The maximum Gasteiger partial charge on any atom is 0.126 e. The van der Waals surface area contributed by atoms with Crippen molar-refractivity contribution in [3.63, 3.8) is 0 Å². The van der Waals surface area contributed by atoms with E-state index < -0.39 is 0 Å². The lowest BCUT2D eigenvalue weighted by molar-refractivity contribution is 0.666. The molecule has 0 saturated heterocycles. The quantitative estimate of drug-likeness (QED) is 0.598. The topological polar surface area (TPSA) is 39.7 Å². The number of hydrazine groups is 2. The summed E-state index contributed by atoms with van der Waals surface area (Å²) in [7, 11) is 0. The van der Waals surface area contributed by atoms with Crippen LogP contribution in [-0.2, 0) is 0 Å². The molecule has 1 aliphatic rings. The molecule has 0 aromatic heterocycles. The van der Waals surface area contributed by atoms with Gasteiger partial charge in [0.15, 0.2) is 0 Å². The van der Waals surface area contributed by atoms with Gasteiger partial charge in [-0.2, -0.15) is 5.12 Å². The van der Waals surface area contributed by atoms with Crippen molar-refractivity contribution < 1.29 is 0 Å². The van der Waals surface area contributed by atoms with Crippen molar-refractivity contribution in [3.8, 4) is 0 Å². The Bertz CT molecular complexity index is 256. The molecule has 0 fully saturated rings. The van der Waals surface area contributed by atoms with Gasteiger partial charge in [0.2, 0.25) is 0 Å². The SMILES string of the molecule is [c]1cccc(N2N=CNN2)c1. The second-order valence-corrected chi connectivity index (χ2v) is 2.07. The Morgan fingerprint density at radius 3 is 3.18 bits per heavy atom. The van der Waals surface area contributed by atoms with Gasteiger partial charge in [-0.1, -0.05) is 12.1 Å². The van der Waals surface area contributed by atoms with Crippen LogP contribution in [0.25, 0.3) is 0 Å². The highest BCUT2D eigenvalue weighted by Gasteiger charge is 2.04. The molecule has 0 unspecified atom stereocenters. The summed E-state index contributed by atoms with van der Waals surface area (Å²) in [6, 6.07) is 10.5. The molecule has 0 bridgehead atoms. The lowest BCUT2D eigenvalue weighted by Crippen LogP contribution is -2.36. The van der Waals surface area contributed by atoms with Gasteiger partial charge in [0.05, 0.1) is 5.69 Å². The van der Waals surface area contributed by atoms with Gasteiger partial charge in [-0.15, -0.1) is 10.6 Å². The van der Waals surface area contributed by atoms with E-state index in [9.17, 15) is 0 Å². The highest BCUT2D eigenvalue weighted by atomic mass is 15.8. The number of hydrogen-bond donors (Lipinski definition) is 2. The first-order valence-electron chi connectivity index (χ1n) is 3.27. The fraction of sp³-hybridized carbons (Fsp3) is 0. The highest BCUT2D eigenvalue weighted by molar-refractivity contribution is 5.60. The van der Waals surface area contributed by atoms with Gasteiger partial charge in [0.25, 0.3) is 0 Å². The molecule has 2 N–H and O–H groups in total. The zero-order chi connectivity index (χ0) is 7.52. The molecule has 4 heteroatoms. The maximum atomic E-state index is 3.97. The summed E-state index contributed by atoms with van der Waals surface area (Å²) < 4.78 is 0. The Balaban J connectivity index is 2.23. The van der Waals surface area contributed by atoms with Crippen LogP contribution < -0.4 is 16.1 Å². The molecule has 2 rings (SSSR count). The Kier molecular flexibility index (Phi) is 1.46. The number of nitrogens with zero attached hydrogens (tertiary/aromatic N) is 2. The normalized spacial score (nSPS) is 15.1. The molecular formula is C7H7N4. The summed E-state index contributed by atoms with van der Waals surface area (Å²) in [5.41, 5.74) is 6.51. The molecule has 0 atom stereocenters. The van der Waals surface area contributed by atoms with Crippen molar-refractivity contribution in [2.24, 2.45) is 5.10 Å². The summed E-state index contributed by atoms with van der Waals surface area (Å²) in [4.78, 5) is 0. The number of nitrogens with one attached hydrogen (secondary N) is 2. The number of hydrazone groups is 1. The minimum Gasteiger partial charge on any atom is -0.291 e. The molecule has 0 amide bonds. The van der Waals surface area contributed by atoms with Crippen LogP contribution in [0.2, 0.25) is 0 Å². The summed E-state index contributed by atoms with van der Waals surface area (Å²) in [6.07, 6.45) is 1.58.